The molecule has 1 spiro atoms. The summed E-state index contributed by atoms with van der Waals surface area (Å²) in [5.41, 5.74) is 9.09. The summed E-state index contributed by atoms with van der Waals surface area (Å²) in [6, 6.07) is 8.10. The van der Waals surface area contributed by atoms with Gasteiger partial charge < -0.3 is 20.9 Å². The molecule has 5 aliphatic carbocycles. The molecule has 7 rings (SSSR count). The van der Waals surface area contributed by atoms with Gasteiger partial charge in [0.15, 0.2) is 0 Å². The zero-order valence-electron chi connectivity index (χ0n) is 26.6. The van der Waals surface area contributed by atoms with Gasteiger partial charge in [-0.15, -0.1) is 0 Å². The molecule has 4 N–H and O–H groups in total. The van der Waals surface area contributed by atoms with E-state index in [1.807, 2.05) is 12.1 Å². The number of rotatable bonds is 4. The summed E-state index contributed by atoms with van der Waals surface area (Å²) in [5.74, 6) is 1.51. The standard InChI is InChI=1S/C36H52N2O4/c1-21(2)24-13-16-34(30(40)41)18-19-35(37)26(28(24)34)11-12-27-31(35,3)17-20-36-32(27,4)15-14-25(33(36,5)38-36)22-7-9-23(10-8-22)29(39)42-6/h7-10,21,24-28,38H,11-20,37H2,1-6H3,(H,40,41)/t24-,25?,26+,27-,28+,31+,32+,33?,34-,35-,36-/m0/s1. The van der Waals surface area contributed by atoms with Crippen LogP contribution >= 0.6 is 0 Å². The molecule has 6 heteroatoms. The van der Waals surface area contributed by atoms with E-state index in [-0.39, 0.29) is 39.3 Å². The molecule has 6 fully saturated rings. The number of nitrogens with two attached hydrogens (primary N) is 1. The number of hydrogen-bond donors (Lipinski definition) is 3. The van der Waals surface area contributed by atoms with Gasteiger partial charge >= 0.3 is 11.9 Å². The molecule has 1 saturated heterocycles. The van der Waals surface area contributed by atoms with E-state index in [4.69, 9.17) is 10.5 Å². The quantitative estimate of drug-likeness (QED) is 0.278. The SMILES string of the molecule is COC(=O)c1ccc(C2CC[C@]3(C)[C@H]4CC[C@@H]5[C@H]6[C@H](C(C)C)CC[C@]6(C(=O)O)CC[C@@]5(N)[C@]4(C)CC[C@]34NC24C)cc1. The first kappa shape index (κ1) is 28.8. The van der Waals surface area contributed by atoms with Crippen LogP contribution in [0.2, 0.25) is 0 Å². The molecule has 5 saturated carbocycles. The second-order valence-corrected chi connectivity index (χ2v) is 16.5. The maximum absolute atomic E-state index is 12.9. The van der Waals surface area contributed by atoms with Crippen molar-refractivity contribution in [1.82, 2.24) is 5.32 Å². The molecule has 230 valence electrons. The number of hydrogen-bond acceptors (Lipinski definition) is 5. The molecular weight excluding hydrogens is 524 g/mol. The van der Waals surface area contributed by atoms with Crippen molar-refractivity contribution in [2.75, 3.05) is 7.11 Å². The van der Waals surface area contributed by atoms with Crippen molar-refractivity contribution < 1.29 is 19.4 Å². The second-order valence-electron chi connectivity index (χ2n) is 16.5. The maximum Gasteiger partial charge on any atom is 0.337 e. The van der Waals surface area contributed by atoms with Gasteiger partial charge in [0, 0.05) is 22.5 Å². The van der Waals surface area contributed by atoms with Crippen LogP contribution in [0, 0.1) is 45.8 Å². The van der Waals surface area contributed by atoms with E-state index in [0.717, 1.165) is 64.2 Å². The first-order valence-electron chi connectivity index (χ1n) is 16.7. The highest BCUT2D eigenvalue weighted by atomic mass is 16.5. The fourth-order valence-electron chi connectivity index (χ4n) is 13.2. The van der Waals surface area contributed by atoms with Gasteiger partial charge in [-0.25, -0.2) is 4.79 Å². The van der Waals surface area contributed by atoms with Gasteiger partial charge in [-0.3, -0.25) is 4.79 Å². The predicted molar refractivity (Wildman–Crippen MR) is 163 cm³/mol. The Labute approximate surface area is 251 Å². The number of esters is 1. The summed E-state index contributed by atoms with van der Waals surface area (Å²) >= 11 is 0. The zero-order chi connectivity index (χ0) is 30.1. The number of carboxylic acids is 1. The number of nitrogens with one attached hydrogen (secondary N) is 1. The molecule has 0 aromatic heterocycles. The summed E-state index contributed by atoms with van der Waals surface area (Å²) in [4.78, 5) is 25.0. The average Bonchev–Trinajstić information content (AvgIpc) is 3.40. The fraction of sp³-hybridized carbons (Fsp3) is 0.778. The predicted octanol–water partition coefficient (Wildman–Crippen LogP) is 6.53. The Kier molecular flexibility index (Phi) is 6.07. The lowest BCUT2D eigenvalue weighted by atomic mass is 9.34. The smallest absolute Gasteiger partial charge is 0.337 e. The van der Waals surface area contributed by atoms with Crippen LogP contribution in [0.3, 0.4) is 0 Å². The van der Waals surface area contributed by atoms with E-state index < -0.39 is 11.4 Å². The molecule has 0 amide bonds. The maximum atomic E-state index is 12.9. The van der Waals surface area contributed by atoms with Gasteiger partial charge in [0.25, 0.3) is 0 Å². The highest BCUT2D eigenvalue weighted by Crippen LogP contribution is 2.78. The highest BCUT2D eigenvalue weighted by molar-refractivity contribution is 5.89. The Balaban J connectivity index is 1.21. The third-order valence-electron chi connectivity index (χ3n) is 15.4. The van der Waals surface area contributed by atoms with Gasteiger partial charge in [-0.1, -0.05) is 39.8 Å². The minimum Gasteiger partial charge on any atom is -0.481 e. The van der Waals surface area contributed by atoms with Gasteiger partial charge in [0.05, 0.1) is 18.1 Å². The summed E-state index contributed by atoms with van der Waals surface area (Å²) in [6.45, 7) is 12.1. The van der Waals surface area contributed by atoms with E-state index in [2.05, 4.69) is 52.1 Å². The van der Waals surface area contributed by atoms with Crippen molar-refractivity contribution in [1.29, 1.82) is 0 Å². The van der Waals surface area contributed by atoms with Crippen molar-refractivity contribution in [3.05, 3.63) is 35.4 Å². The van der Waals surface area contributed by atoms with Crippen molar-refractivity contribution in [3.8, 4) is 0 Å². The van der Waals surface area contributed by atoms with Crippen LogP contribution in [0.5, 0.6) is 0 Å². The number of fused-ring (bicyclic) bond motifs is 6. The van der Waals surface area contributed by atoms with E-state index in [1.54, 1.807) is 0 Å². The molecule has 11 atom stereocenters. The lowest BCUT2D eigenvalue weighted by Crippen LogP contribution is -2.74. The van der Waals surface area contributed by atoms with Crippen LogP contribution < -0.4 is 11.1 Å². The van der Waals surface area contributed by atoms with Gasteiger partial charge in [-0.05, 0) is 129 Å². The first-order chi connectivity index (χ1) is 19.7. The Hall–Kier alpha value is -1.92. The Morgan fingerprint density at radius 2 is 1.64 bits per heavy atom. The lowest BCUT2D eigenvalue weighted by molar-refractivity contribution is -0.195. The number of ether oxygens (including phenoxy) is 1. The van der Waals surface area contributed by atoms with E-state index in [1.165, 1.54) is 12.7 Å². The fourth-order valence-corrected chi connectivity index (χ4v) is 13.2. The van der Waals surface area contributed by atoms with Crippen LogP contribution in [0.1, 0.15) is 121 Å². The first-order valence-corrected chi connectivity index (χ1v) is 16.7. The van der Waals surface area contributed by atoms with Gasteiger partial charge in [-0.2, -0.15) is 0 Å². The number of carbonyl (C=O) groups is 2. The number of methoxy groups -OCH3 is 1. The monoisotopic (exact) mass is 576 g/mol. The second kappa shape index (κ2) is 8.84. The Bertz CT molecular complexity index is 1310. The van der Waals surface area contributed by atoms with Crippen LogP contribution in [0.15, 0.2) is 24.3 Å². The minimum absolute atomic E-state index is 0.00484. The van der Waals surface area contributed by atoms with E-state index in [0.29, 0.717) is 35.2 Å². The third kappa shape index (κ3) is 3.19. The zero-order valence-corrected chi connectivity index (χ0v) is 26.6. The highest BCUT2D eigenvalue weighted by Gasteiger charge is 2.82. The van der Waals surface area contributed by atoms with Crippen molar-refractivity contribution in [3.63, 3.8) is 0 Å². The average molecular weight is 577 g/mol. The minimum atomic E-state index is -0.580. The molecule has 1 heterocycles. The van der Waals surface area contributed by atoms with Crippen molar-refractivity contribution in [2.24, 2.45) is 51.6 Å². The molecule has 1 aromatic rings. The van der Waals surface area contributed by atoms with Crippen molar-refractivity contribution in [2.45, 2.75) is 121 Å². The molecule has 2 unspecified atom stereocenters. The lowest BCUT2D eigenvalue weighted by Gasteiger charge is -2.71. The third-order valence-corrected chi connectivity index (χ3v) is 15.4. The van der Waals surface area contributed by atoms with Crippen LogP contribution in [0.4, 0.5) is 0 Å². The Morgan fingerprint density at radius 3 is 2.29 bits per heavy atom. The van der Waals surface area contributed by atoms with Crippen LogP contribution in [0.25, 0.3) is 0 Å². The molecule has 6 nitrogen and oxygen atoms in total. The number of carboxylic acid groups (broad SMARTS) is 1. The van der Waals surface area contributed by atoms with E-state index >= 15 is 0 Å². The summed E-state index contributed by atoms with van der Waals surface area (Å²) in [6.07, 6.45) is 10.2. The largest absolute Gasteiger partial charge is 0.481 e. The molecule has 0 bridgehead atoms. The van der Waals surface area contributed by atoms with E-state index in [9.17, 15) is 14.7 Å². The van der Waals surface area contributed by atoms with Crippen molar-refractivity contribution >= 4 is 11.9 Å². The number of carbonyl (C=O) groups excluding carboxylic acids is 1. The topological polar surface area (TPSA) is 112 Å². The molecule has 42 heavy (non-hydrogen) atoms. The summed E-state index contributed by atoms with van der Waals surface area (Å²) in [7, 11) is 1.43. The Morgan fingerprint density at radius 1 is 0.929 bits per heavy atom. The number of aliphatic carboxylic acids is 1. The normalized spacial score (nSPS) is 50.5. The molecule has 6 aliphatic rings. The molecule has 1 aliphatic heterocycles. The molecular formula is C36H52N2O4. The van der Waals surface area contributed by atoms with Crippen LogP contribution in [-0.4, -0.2) is 40.8 Å². The van der Waals surface area contributed by atoms with Gasteiger partial charge in [0.1, 0.15) is 0 Å². The molecule has 0 radical (unpaired) electrons. The van der Waals surface area contributed by atoms with Crippen LogP contribution in [-0.2, 0) is 9.53 Å². The summed E-state index contributed by atoms with van der Waals surface area (Å²) in [5, 5.41) is 14.8. The van der Waals surface area contributed by atoms with Gasteiger partial charge in [0.2, 0.25) is 0 Å². The molecule has 1 aromatic carbocycles. The summed E-state index contributed by atoms with van der Waals surface area (Å²) < 4.78 is 4.93. The number of benzene rings is 1.